The molecule has 2 aliphatic carbocycles. The molecule has 1 aromatic carbocycles. The maximum atomic E-state index is 11.0. The van der Waals surface area contributed by atoms with Crippen molar-refractivity contribution in [1.82, 2.24) is 0 Å². The predicted octanol–water partition coefficient (Wildman–Crippen LogP) is 1.08. The summed E-state index contributed by atoms with van der Waals surface area (Å²) in [4.78, 5) is 0.587. The van der Waals surface area contributed by atoms with Crippen LogP contribution >= 0.6 is 0 Å². The van der Waals surface area contributed by atoms with Gasteiger partial charge >= 0.3 is 127 Å². The zero-order valence-corrected chi connectivity index (χ0v) is 16.8. The number of rotatable bonds is 3. The summed E-state index contributed by atoms with van der Waals surface area (Å²) in [5.41, 5.74) is 1.92. The first-order valence-corrected chi connectivity index (χ1v) is 11.6. The molecule has 0 heterocycles. The van der Waals surface area contributed by atoms with Crippen molar-refractivity contribution in [1.29, 1.82) is 0 Å². The Kier molecular flexibility index (Phi) is 5.01. The number of hydrogen-bond donors (Lipinski definition) is 1. The number of hydrogen-bond acceptors (Lipinski definition) is 1. The minimum Gasteiger partial charge on any atom is -1.00 e. The van der Waals surface area contributed by atoms with Gasteiger partial charge in [-0.05, 0) is 0 Å². The van der Waals surface area contributed by atoms with Gasteiger partial charge in [-0.2, -0.15) is 0 Å². The van der Waals surface area contributed by atoms with Crippen LogP contribution in [-0.2, 0) is 5.32 Å². The van der Waals surface area contributed by atoms with Crippen molar-refractivity contribution >= 4 is 13.9 Å². The van der Waals surface area contributed by atoms with E-state index in [1.54, 1.807) is 0 Å². The van der Waals surface area contributed by atoms with Gasteiger partial charge in [0.15, 0.2) is 0 Å². The fraction of sp³-hybridized carbons (Fsp3) is 0.667. The molecule has 0 saturated heterocycles. The molecule has 2 bridgehead atoms. The molecule has 5 unspecified atom stereocenters. The fourth-order valence-electron chi connectivity index (χ4n) is 4.68. The topological polar surface area (TPSA) is 20.2 Å². The number of halogens is 1. The largest absolute Gasteiger partial charge is 1.00 e. The summed E-state index contributed by atoms with van der Waals surface area (Å²) in [6.07, 6.45) is 2.47. The molecule has 2 saturated carbocycles. The van der Waals surface area contributed by atoms with Crippen molar-refractivity contribution < 1.29 is 22.1 Å². The normalized spacial score (nSPS) is 38.0. The van der Waals surface area contributed by atoms with Crippen molar-refractivity contribution in [2.24, 2.45) is 16.7 Å². The second kappa shape index (κ2) is 6.00. The Morgan fingerprint density at radius 3 is 2.33 bits per heavy atom. The van der Waals surface area contributed by atoms with Crippen LogP contribution in [0.25, 0.3) is 0 Å². The molecule has 1 N–H and O–H groups in total. The van der Waals surface area contributed by atoms with E-state index in [1.165, 1.54) is 23.7 Å². The molecular formula is C18H27BrOSe. The fourth-order valence-corrected chi connectivity index (χ4v) is 10.3. The Morgan fingerprint density at radius 1 is 1.19 bits per heavy atom. The maximum Gasteiger partial charge on any atom is -1.00 e. The third-order valence-electron chi connectivity index (χ3n) is 6.44. The molecule has 3 heteroatoms. The van der Waals surface area contributed by atoms with E-state index in [4.69, 9.17) is 0 Å². The number of aliphatic hydroxyl groups excluding tert-OH is 1. The molecule has 0 aromatic heterocycles. The van der Waals surface area contributed by atoms with Gasteiger partial charge in [0.05, 0.1) is 0 Å². The Bertz CT molecular complexity index is 489. The molecule has 5 atom stereocenters. The summed E-state index contributed by atoms with van der Waals surface area (Å²) in [7, 11) is 0. The van der Waals surface area contributed by atoms with E-state index in [0.717, 1.165) is 5.92 Å². The Balaban J connectivity index is 0.00000161. The van der Waals surface area contributed by atoms with Crippen LogP contribution in [0, 0.1) is 16.7 Å². The van der Waals surface area contributed by atoms with E-state index in [2.05, 4.69) is 56.9 Å². The smallest absolute Gasteiger partial charge is 1.00 e. The summed E-state index contributed by atoms with van der Waals surface area (Å²) in [6, 6.07) is 10.8. The van der Waals surface area contributed by atoms with Crippen LogP contribution in [0.1, 0.15) is 39.2 Å². The van der Waals surface area contributed by atoms with E-state index >= 15 is 0 Å². The monoisotopic (exact) mass is 418 g/mol. The number of aliphatic hydroxyl groups is 1. The van der Waals surface area contributed by atoms with Crippen LogP contribution < -0.4 is 17.0 Å². The maximum absolute atomic E-state index is 11.0. The molecule has 0 amide bonds. The number of fused-ring (bicyclic) bond motifs is 2. The van der Waals surface area contributed by atoms with Crippen LogP contribution in [-0.4, -0.2) is 25.1 Å². The van der Waals surface area contributed by atoms with Crippen LogP contribution in [0.3, 0.4) is 0 Å². The van der Waals surface area contributed by atoms with Gasteiger partial charge in [0.25, 0.3) is 0 Å². The standard InChI is InChI=1S/C18H27OSe.BrH/c1-17(2)14-10-11-18(17,3)16(19)15(14)20(4)12-13-8-6-5-7-9-13;/h5-9,14-16,19H,10-12H2,1-4H3;1H/q+1;/p-1. The molecule has 0 radical (unpaired) electrons. The molecule has 0 spiro atoms. The molecule has 1 aromatic rings. The van der Waals surface area contributed by atoms with Crippen molar-refractivity contribution in [2.45, 2.75) is 55.7 Å². The zero-order chi connectivity index (χ0) is 14.5. The van der Waals surface area contributed by atoms with Crippen LogP contribution in [0.5, 0.6) is 0 Å². The second-order valence-corrected chi connectivity index (χ2v) is 12.2. The van der Waals surface area contributed by atoms with Crippen LogP contribution in [0.15, 0.2) is 30.3 Å². The van der Waals surface area contributed by atoms with Gasteiger partial charge < -0.3 is 17.0 Å². The molecule has 118 valence electrons. The van der Waals surface area contributed by atoms with Crippen LogP contribution in [0.4, 0.5) is 0 Å². The molecule has 1 nitrogen and oxygen atoms in total. The van der Waals surface area contributed by atoms with Gasteiger partial charge in [0, 0.05) is 0 Å². The van der Waals surface area contributed by atoms with Gasteiger partial charge in [0.2, 0.25) is 0 Å². The van der Waals surface area contributed by atoms with Gasteiger partial charge in [0.1, 0.15) is 0 Å². The Morgan fingerprint density at radius 2 is 1.81 bits per heavy atom. The first-order chi connectivity index (χ1) is 9.38. The third-order valence-corrected chi connectivity index (χ3v) is 11.3. The molecule has 2 fully saturated rings. The van der Waals surface area contributed by atoms with Crippen molar-refractivity contribution in [3.05, 3.63) is 35.9 Å². The summed E-state index contributed by atoms with van der Waals surface area (Å²) >= 11 is -0.809. The SMILES string of the molecule is C[Se+](Cc1ccccc1)C1C2CCC(C)(C1O)C2(C)C.[Br-]. The van der Waals surface area contributed by atoms with E-state index in [-0.39, 0.29) is 28.5 Å². The molecule has 0 aliphatic heterocycles. The average molecular weight is 418 g/mol. The molecule has 21 heavy (non-hydrogen) atoms. The summed E-state index contributed by atoms with van der Waals surface area (Å²) in [6.45, 7) is 7.13. The van der Waals surface area contributed by atoms with E-state index in [0.29, 0.717) is 10.2 Å². The van der Waals surface area contributed by atoms with Crippen molar-refractivity contribution in [2.75, 3.05) is 0 Å². The van der Waals surface area contributed by atoms with E-state index in [9.17, 15) is 5.11 Å². The first kappa shape index (κ1) is 17.5. The molecule has 3 rings (SSSR count). The third kappa shape index (κ3) is 2.55. The van der Waals surface area contributed by atoms with Gasteiger partial charge in [-0.15, -0.1) is 0 Å². The predicted molar refractivity (Wildman–Crippen MR) is 86.1 cm³/mol. The van der Waals surface area contributed by atoms with Crippen molar-refractivity contribution in [3.63, 3.8) is 0 Å². The summed E-state index contributed by atoms with van der Waals surface area (Å²) < 4.78 is 0. The Hall–Kier alpha value is 0.179. The van der Waals surface area contributed by atoms with E-state index < -0.39 is 13.9 Å². The van der Waals surface area contributed by atoms with Gasteiger partial charge in [-0.3, -0.25) is 0 Å². The second-order valence-electron chi connectivity index (χ2n) is 7.51. The molecular weight excluding hydrogens is 391 g/mol. The Labute approximate surface area is 144 Å². The number of benzene rings is 1. The zero-order valence-electron chi connectivity index (χ0n) is 13.5. The minimum absolute atomic E-state index is 0. The average Bonchev–Trinajstić information content (AvgIpc) is 2.72. The van der Waals surface area contributed by atoms with Crippen LogP contribution in [0.2, 0.25) is 10.6 Å². The minimum atomic E-state index is -0.809. The quantitative estimate of drug-likeness (QED) is 0.729. The van der Waals surface area contributed by atoms with Crippen molar-refractivity contribution in [3.8, 4) is 0 Å². The first-order valence-electron chi connectivity index (χ1n) is 7.71. The van der Waals surface area contributed by atoms with E-state index in [1.807, 2.05) is 0 Å². The van der Waals surface area contributed by atoms with Gasteiger partial charge in [-0.25, -0.2) is 0 Å². The summed E-state index contributed by atoms with van der Waals surface area (Å²) in [5.74, 6) is 3.20. The molecule has 2 aliphatic rings. The summed E-state index contributed by atoms with van der Waals surface area (Å²) in [5, 5.41) is 12.2. The van der Waals surface area contributed by atoms with Gasteiger partial charge in [-0.1, -0.05) is 0 Å².